The number of ketones is 1. The Hall–Kier alpha value is -3.80. The number of carbonyl (C=O) groups excluding carboxylic acids is 2. The van der Waals surface area contributed by atoms with Crippen LogP contribution in [0.15, 0.2) is 84.4 Å². The van der Waals surface area contributed by atoms with Crippen LogP contribution in [0.5, 0.6) is 0 Å². The Labute approximate surface area is 165 Å². The molecule has 4 nitrogen and oxygen atoms in total. The fraction of sp³-hybridized carbons (Fsp3) is 0.0435. The second kappa shape index (κ2) is 7.31. The highest BCUT2D eigenvalue weighted by Crippen LogP contribution is 2.42. The zero-order valence-corrected chi connectivity index (χ0v) is 15.0. The summed E-state index contributed by atoms with van der Waals surface area (Å²) in [6.45, 7) is 0. The standard InChI is InChI=1S/C23H15F2NO3/c24-15-10-12-16(13-11-15)26-20(17-8-4-5-9-18(17)25)19(22(28)23(26)29)21(27)14-6-2-1-3-7-14/h1-13,20,27H/b21-19+/t20-/m1/s1. The van der Waals surface area contributed by atoms with Crippen molar-refractivity contribution in [3.63, 3.8) is 0 Å². The summed E-state index contributed by atoms with van der Waals surface area (Å²) >= 11 is 0. The Bertz CT molecular complexity index is 1120. The maximum atomic E-state index is 14.7. The molecule has 1 fully saturated rings. The highest BCUT2D eigenvalue weighted by molar-refractivity contribution is 6.51. The summed E-state index contributed by atoms with van der Waals surface area (Å²) in [7, 11) is 0. The number of aliphatic hydroxyl groups is 1. The van der Waals surface area contributed by atoms with Crippen molar-refractivity contribution in [2.45, 2.75) is 6.04 Å². The predicted molar refractivity (Wildman–Crippen MR) is 104 cm³/mol. The van der Waals surface area contributed by atoms with Crippen LogP contribution in [-0.2, 0) is 9.59 Å². The van der Waals surface area contributed by atoms with E-state index in [1.807, 2.05) is 0 Å². The van der Waals surface area contributed by atoms with Gasteiger partial charge in [0.25, 0.3) is 11.7 Å². The summed E-state index contributed by atoms with van der Waals surface area (Å²) in [5.41, 5.74) is 0.365. The lowest BCUT2D eigenvalue weighted by Gasteiger charge is -2.25. The summed E-state index contributed by atoms with van der Waals surface area (Å²) < 4.78 is 28.1. The molecular formula is C23H15F2NO3. The van der Waals surface area contributed by atoms with E-state index in [0.717, 1.165) is 17.0 Å². The predicted octanol–water partition coefficient (Wildman–Crippen LogP) is 4.59. The van der Waals surface area contributed by atoms with Crippen molar-refractivity contribution < 1.29 is 23.5 Å². The van der Waals surface area contributed by atoms with E-state index in [-0.39, 0.29) is 16.8 Å². The van der Waals surface area contributed by atoms with Crippen LogP contribution < -0.4 is 4.90 Å². The van der Waals surface area contributed by atoms with Crippen LogP contribution in [0.1, 0.15) is 17.2 Å². The van der Waals surface area contributed by atoms with Crippen LogP contribution in [0.4, 0.5) is 14.5 Å². The van der Waals surface area contributed by atoms with Gasteiger partial charge in [-0.05, 0) is 30.3 Å². The number of Topliss-reactive ketones (excluding diaryl/α,β-unsaturated/α-hetero) is 1. The zero-order valence-electron chi connectivity index (χ0n) is 15.0. The van der Waals surface area contributed by atoms with E-state index in [2.05, 4.69) is 0 Å². The van der Waals surface area contributed by atoms with Crippen LogP contribution in [0.25, 0.3) is 5.76 Å². The van der Waals surface area contributed by atoms with Gasteiger partial charge in [0, 0.05) is 16.8 Å². The molecule has 1 amide bonds. The maximum absolute atomic E-state index is 14.7. The van der Waals surface area contributed by atoms with E-state index in [1.54, 1.807) is 36.4 Å². The van der Waals surface area contributed by atoms with E-state index >= 15 is 0 Å². The normalized spacial score (nSPS) is 18.3. The number of benzene rings is 3. The second-order valence-electron chi connectivity index (χ2n) is 6.53. The van der Waals surface area contributed by atoms with Crippen molar-refractivity contribution in [1.29, 1.82) is 0 Å². The molecule has 1 aliphatic heterocycles. The largest absolute Gasteiger partial charge is 0.507 e. The van der Waals surface area contributed by atoms with Crippen LogP contribution in [0.3, 0.4) is 0 Å². The molecule has 0 spiro atoms. The first-order valence-electron chi connectivity index (χ1n) is 8.85. The first-order chi connectivity index (χ1) is 14.0. The molecule has 1 heterocycles. The minimum Gasteiger partial charge on any atom is -0.507 e. The van der Waals surface area contributed by atoms with Crippen LogP contribution in [-0.4, -0.2) is 16.8 Å². The van der Waals surface area contributed by atoms with Gasteiger partial charge < -0.3 is 5.11 Å². The van der Waals surface area contributed by atoms with Gasteiger partial charge in [0.15, 0.2) is 0 Å². The molecule has 0 aliphatic carbocycles. The lowest BCUT2D eigenvalue weighted by Crippen LogP contribution is -2.29. The van der Waals surface area contributed by atoms with Gasteiger partial charge in [-0.3, -0.25) is 14.5 Å². The molecular weight excluding hydrogens is 376 g/mol. The quantitative estimate of drug-likeness (QED) is 0.404. The minimum absolute atomic E-state index is 0.0495. The van der Waals surface area contributed by atoms with Gasteiger partial charge in [-0.25, -0.2) is 8.78 Å². The lowest BCUT2D eigenvalue weighted by molar-refractivity contribution is -0.132. The van der Waals surface area contributed by atoms with Gasteiger partial charge in [-0.1, -0.05) is 48.5 Å². The summed E-state index contributed by atoms with van der Waals surface area (Å²) in [6.07, 6.45) is 0. The third-order valence-corrected chi connectivity index (χ3v) is 4.80. The van der Waals surface area contributed by atoms with E-state index in [4.69, 9.17) is 0 Å². The van der Waals surface area contributed by atoms with Gasteiger partial charge in [0.05, 0.1) is 11.6 Å². The molecule has 3 aromatic rings. The summed E-state index contributed by atoms with van der Waals surface area (Å²) in [5.74, 6) is -3.42. The van der Waals surface area contributed by atoms with Gasteiger partial charge in [0.2, 0.25) is 0 Å². The van der Waals surface area contributed by atoms with Crippen LogP contribution >= 0.6 is 0 Å². The Kier molecular flexibility index (Phi) is 4.68. The smallest absolute Gasteiger partial charge is 0.300 e. The van der Waals surface area contributed by atoms with Crippen molar-refractivity contribution in [2.24, 2.45) is 0 Å². The Balaban J connectivity index is 1.97. The molecule has 144 valence electrons. The molecule has 1 atom stereocenters. The number of hydrogen-bond donors (Lipinski definition) is 1. The van der Waals surface area contributed by atoms with E-state index in [0.29, 0.717) is 5.56 Å². The number of nitrogens with zero attached hydrogens (tertiary/aromatic N) is 1. The topological polar surface area (TPSA) is 57.6 Å². The third-order valence-electron chi connectivity index (χ3n) is 4.80. The van der Waals surface area contributed by atoms with Gasteiger partial charge in [0.1, 0.15) is 17.4 Å². The van der Waals surface area contributed by atoms with Crippen LogP contribution in [0.2, 0.25) is 0 Å². The van der Waals surface area contributed by atoms with E-state index in [9.17, 15) is 23.5 Å². The van der Waals surface area contributed by atoms with Gasteiger partial charge in [-0.15, -0.1) is 0 Å². The summed E-state index contributed by atoms with van der Waals surface area (Å²) in [6, 6.07) is 17.7. The van der Waals surface area contributed by atoms with E-state index < -0.39 is 35.1 Å². The minimum atomic E-state index is -1.19. The van der Waals surface area contributed by atoms with Crippen LogP contribution in [0, 0.1) is 11.6 Å². The van der Waals surface area contributed by atoms with Crippen molar-refractivity contribution in [3.8, 4) is 0 Å². The highest BCUT2D eigenvalue weighted by atomic mass is 19.1. The molecule has 4 rings (SSSR count). The van der Waals surface area contributed by atoms with Crippen molar-refractivity contribution >= 4 is 23.1 Å². The molecule has 6 heteroatoms. The Morgan fingerprint density at radius 1 is 0.828 bits per heavy atom. The third kappa shape index (κ3) is 3.18. The van der Waals surface area contributed by atoms with Gasteiger partial charge >= 0.3 is 0 Å². The number of anilines is 1. The Morgan fingerprint density at radius 2 is 1.45 bits per heavy atom. The van der Waals surface area contributed by atoms with Crippen molar-refractivity contribution in [2.75, 3.05) is 4.90 Å². The molecule has 1 aliphatic rings. The number of carbonyl (C=O) groups is 2. The molecule has 0 radical (unpaired) electrons. The average molecular weight is 391 g/mol. The number of rotatable bonds is 3. The SMILES string of the molecule is O=C1C(=O)N(c2ccc(F)cc2)[C@H](c2ccccc2F)/C1=C(\O)c1ccccc1. The van der Waals surface area contributed by atoms with Crippen molar-refractivity contribution in [1.82, 2.24) is 0 Å². The fourth-order valence-electron chi connectivity index (χ4n) is 3.44. The maximum Gasteiger partial charge on any atom is 0.300 e. The monoisotopic (exact) mass is 391 g/mol. The second-order valence-corrected chi connectivity index (χ2v) is 6.53. The number of hydrogen-bond acceptors (Lipinski definition) is 3. The molecule has 1 saturated heterocycles. The zero-order chi connectivity index (χ0) is 20.5. The summed E-state index contributed by atoms with van der Waals surface area (Å²) in [4.78, 5) is 26.8. The Morgan fingerprint density at radius 3 is 2.10 bits per heavy atom. The fourth-order valence-corrected chi connectivity index (χ4v) is 3.44. The number of aliphatic hydroxyl groups excluding tert-OH is 1. The van der Waals surface area contributed by atoms with Crippen molar-refractivity contribution in [3.05, 3.63) is 107 Å². The molecule has 1 N–H and O–H groups in total. The first-order valence-corrected chi connectivity index (χ1v) is 8.85. The molecule has 29 heavy (non-hydrogen) atoms. The first kappa shape index (κ1) is 18.6. The van der Waals surface area contributed by atoms with Gasteiger partial charge in [-0.2, -0.15) is 0 Å². The summed E-state index contributed by atoms with van der Waals surface area (Å²) in [5, 5.41) is 10.8. The average Bonchev–Trinajstić information content (AvgIpc) is 3.00. The highest BCUT2D eigenvalue weighted by Gasteiger charge is 2.47. The molecule has 0 bridgehead atoms. The van der Waals surface area contributed by atoms with E-state index in [1.165, 1.54) is 30.3 Å². The molecule has 0 saturated carbocycles. The molecule has 3 aromatic carbocycles. The lowest BCUT2D eigenvalue weighted by atomic mass is 9.94. The molecule has 0 aromatic heterocycles. The molecule has 0 unspecified atom stereocenters. The number of amides is 1. The number of halogens is 2.